The number of hydrogen-bond donors (Lipinski definition) is 0. The Morgan fingerprint density at radius 1 is 0.710 bits per heavy atom. The number of amides is 2. The van der Waals surface area contributed by atoms with E-state index in [2.05, 4.69) is 9.98 Å². The van der Waals surface area contributed by atoms with Crippen LogP contribution in [-0.2, 0) is 41.7 Å². The van der Waals surface area contributed by atoms with E-state index in [9.17, 15) is 9.59 Å². The molecule has 2 rings (SSSR count). The minimum absolute atomic E-state index is 0. The van der Waals surface area contributed by atoms with Crippen molar-refractivity contribution in [3.63, 3.8) is 0 Å². The van der Waals surface area contributed by atoms with Crippen LogP contribution >= 0.6 is 23.2 Å². The fourth-order valence-electron chi connectivity index (χ4n) is 1.76. The molecule has 0 N–H and O–H groups in total. The van der Waals surface area contributed by atoms with Gasteiger partial charge in [-0.1, -0.05) is 47.5 Å². The van der Waals surface area contributed by atoms with Crippen LogP contribution < -0.4 is 0 Å². The molecule has 31 heavy (non-hydrogen) atoms. The van der Waals surface area contributed by atoms with E-state index in [1.807, 2.05) is 0 Å². The maximum Gasteiger partial charge on any atom is 2.00 e. The van der Waals surface area contributed by atoms with Crippen LogP contribution in [0.1, 0.15) is 20.7 Å². The van der Waals surface area contributed by atoms with Crippen LogP contribution in [-0.4, -0.2) is 60.1 Å². The molecule has 0 bridgehead atoms. The molecule has 0 atom stereocenters. The third kappa shape index (κ3) is 9.93. The predicted molar refractivity (Wildman–Crippen MR) is 129 cm³/mol. The number of rotatable bonds is 2. The minimum atomic E-state index is -0.417. The molecule has 0 aromatic heterocycles. The molecule has 0 heterocycles. The minimum Gasteiger partial charge on any atom is -0.742 e. The first-order valence-electron chi connectivity index (χ1n) is 8.48. The Hall–Kier alpha value is -1.77. The summed E-state index contributed by atoms with van der Waals surface area (Å²) in [7, 11) is 6.91. The Labute approximate surface area is 213 Å². The molecule has 168 valence electrons. The maximum atomic E-state index is 11.6. The van der Waals surface area contributed by atoms with Crippen molar-refractivity contribution in [3.05, 3.63) is 69.7 Å². The Morgan fingerprint density at radius 3 is 1.26 bits per heavy atom. The smallest absolute Gasteiger partial charge is 0.742 e. The van der Waals surface area contributed by atoms with Crippen molar-refractivity contribution in [2.75, 3.05) is 28.2 Å². The molecule has 0 aliphatic rings. The van der Waals surface area contributed by atoms with Crippen LogP contribution in [0.2, 0.25) is 10.0 Å². The number of amidine groups is 2. The van der Waals surface area contributed by atoms with E-state index < -0.39 is 11.8 Å². The zero-order valence-electron chi connectivity index (χ0n) is 17.1. The average Bonchev–Trinajstić information content (AvgIpc) is 2.68. The quantitative estimate of drug-likeness (QED) is 0.249. The van der Waals surface area contributed by atoms with Crippen LogP contribution in [0.25, 0.3) is 0 Å². The first kappa shape index (κ1) is 29.2. The second kappa shape index (κ2) is 14.3. The number of carbonyl (C=O) groups is 2. The molecule has 0 aliphatic carbocycles. The second-order valence-electron chi connectivity index (χ2n) is 6.15. The van der Waals surface area contributed by atoms with Crippen LogP contribution in [0.3, 0.4) is 0 Å². The molecule has 2 aromatic carbocycles. The average molecular weight is 542 g/mol. The summed E-state index contributed by atoms with van der Waals surface area (Å²) in [5, 5.41) is 1.24. The van der Waals surface area contributed by atoms with Gasteiger partial charge in [0.05, 0.1) is 21.2 Å². The van der Waals surface area contributed by atoms with Gasteiger partial charge in [-0.2, -0.15) is 0 Å². The van der Waals surface area contributed by atoms with Crippen molar-refractivity contribution < 1.29 is 26.1 Å². The molecule has 2 amide bonds. The van der Waals surface area contributed by atoms with Crippen molar-refractivity contribution in [1.29, 1.82) is 0 Å². The molecule has 0 spiro atoms. The first-order chi connectivity index (χ1) is 14.0. The van der Waals surface area contributed by atoms with E-state index in [1.165, 1.54) is 0 Å². The third-order valence-corrected chi connectivity index (χ3v) is 4.94. The summed E-state index contributed by atoms with van der Waals surface area (Å²) in [4.78, 5) is 33.9. The molecule has 0 saturated heterocycles. The topological polar surface area (TPSA) is 65.3 Å². The number of carbonyl (C=O) groups excluding carboxylic acids is 2. The van der Waals surface area contributed by atoms with Crippen molar-refractivity contribution in [1.82, 2.24) is 9.80 Å². The van der Waals surface area contributed by atoms with Crippen molar-refractivity contribution in [2.45, 2.75) is 0 Å². The number of nitrogens with zero attached hydrogens (tertiary/aromatic N) is 4. The Morgan fingerprint density at radius 2 is 1.00 bits per heavy atom. The normalized spacial score (nSPS) is 10.9. The van der Waals surface area contributed by atoms with Gasteiger partial charge in [-0.15, -0.1) is 0 Å². The zero-order valence-corrected chi connectivity index (χ0v) is 21.2. The van der Waals surface area contributed by atoms with Gasteiger partial charge in [0.15, 0.2) is 0 Å². The van der Waals surface area contributed by atoms with Crippen LogP contribution in [0, 0.1) is 0 Å². The summed E-state index contributed by atoms with van der Waals surface area (Å²) in [6.07, 6.45) is 0. The fourth-order valence-corrected chi connectivity index (χ4v) is 2.36. The SMILES string of the molecule is CN(C)C([S-])=NC(=O)c1ccccc1Cl.CN(C)C([S-])=NC(=O)c1ccccc1Cl.[Ni+2]. The second-order valence-corrected chi connectivity index (χ2v) is 7.69. The molecule has 11 heteroatoms. The van der Waals surface area contributed by atoms with E-state index >= 15 is 0 Å². The standard InChI is InChI=1S/2C10H11ClN2OS.Ni/c2*1-13(2)10(15)12-9(14)7-5-3-4-6-8(7)11;/h2*3-6H,1-2H3,(H,12,14,15);/q;;+2/p-2. The van der Waals surface area contributed by atoms with Gasteiger partial charge < -0.3 is 35.1 Å². The summed E-state index contributed by atoms with van der Waals surface area (Å²) in [6, 6.07) is 13.5. The van der Waals surface area contributed by atoms with E-state index in [0.717, 1.165) is 0 Å². The maximum absolute atomic E-state index is 11.6. The predicted octanol–water partition coefficient (Wildman–Crippen LogP) is 3.89. The third-order valence-electron chi connectivity index (χ3n) is 3.37. The van der Waals surface area contributed by atoms with Gasteiger partial charge in [0.1, 0.15) is 0 Å². The van der Waals surface area contributed by atoms with Gasteiger partial charge in [0.25, 0.3) is 11.8 Å². The monoisotopic (exact) mass is 540 g/mol. The Balaban J connectivity index is 0.000000562. The van der Waals surface area contributed by atoms with Gasteiger partial charge in [-0.3, -0.25) is 9.59 Å². The number of halogens is 2. The largest absolute Gasteiger partial charge is 2.00 e. The molecule has 6 nitrogen and oxygen atoms in total. The van der Waals surface area contributed by atoms with Gasteiger partial charge >= 0.3 is 16.5 Å². The van der Waals surface area contributed by atoms with Crippen LogP contribution in [0.5, 0.6) is 0 Å². The van der Waals surface area contributed by atoms with Crippen molar-refractivity contribution in [2.24, 2.45) is 9.98 Å². The van der Waals surface area contributed by atoms with Crippen LogP contribution in [0.4, 0.5) is 0 Å². The van der Waals surface area contributed by atoms with Crippen molar-refractivity contribution in [3.8, 4) is 0 Å². The van der Waals surface area contributed by atoms with Gasteiger partial charge in [0, 0.05) is 28.2 Å². The van der Waals surface area contributed by atoms with Gasteiger partial charge in [0.2, 0.25) is 0 Å². The molecule has 0 radical (unpaired) electrons. The molecule has 0 unspecified atom stereocenters. The number of hydrogen-bond acceptors (Lipinski definition) is 4. The molecular weight excluding hydrogens is 522 g/mol. The summed E-state index contributed by atoms with van der Waals surface area (Å²) in [5.74, 6) is -0.835. The van der Waals surface area contributed by atoms with E-state index in [0.29, 0.717) is 21.2 Å². The van der Waals surface area contributed by atoms with Crippen molar-refractivity contribution >= 4 is 70.6 Å². The molecule has 0 saturated carbocycles. The fraction of sp³-hybridized carbons (Fsp3) is 0.200. The molecular formula is C20H20Cl2N4NiO2S2. The van der Waals surface area contributed by atoms with E-state index in [4.69, 9.17) is 48.5 Å². The molecule has 0 fully saturated rings. The number of benzene rings is 2. The summed E-state index contributed by atoms with van der Waals surface area (Å²) < 4.78 is 0. The Bertz CT molecular complexity index is 892. The number of aliphatic imine (C=N–C) groups is 2. The Kier molecular flexibility index (Phi) is 13.5. The van der Waals surface area contributed by atoms with Gasteiger partial charge in [-0.25, -0.2) is 9.98 Å². The molecule has 2 aromatic rings. The van der Waals surface area contributed by atoms with Gasteiger partial charge in [-0.05, 0) is 34.6 Å². The summed E-state index contributed by atoms with van der Waals surface area (Å²) in [5.41, 5.74) is 0.728. The molecule has 0 aliphatic heterocycles. The summed E-state index contributed by atoms with van der Waals surface area (Å²) in [6.45, 7) is 0. The van der Waals surface area contributed by atoms with E-state index in [1.54, 1.807) is 86.5 Å². The van der Waals surface area contributed by atoms with Crippen LogP contribution in [0.15, 0.2) is 58.5 Å². The first-order valence-corrected chi connectivity index (χ1v) is 10.1. The summed E-state index contributed by atoms with van der Waals surface area (Å²) >= 11 is 21.5. The van der Waals surface area contributed by atoms with E-state index in [-0.39, 0.29) is 26.8 Å². The zero-order chi connectivity index (χ0) is 22.8.